The predicted octanol–water partition coefficient (Wildman–Crippen LogP) is 6.03. The van der Waals surface area contributed by atoms with Gasteiger partial charge in [-0.1, -0.05) is 44.9 Å². The van der Waals surface area contributed by atoms with Gasteiger partial charge in [0.25, 0.3) is 0 Å². The van der Waals surface area contributed by atoms with Gasteiger partial charge in [0.1, 0.15) is 17.1 Å². The van der Waals surface area contributed by atoms with E-state index >= 15 is 0 Å². The number of carbonyl (C=O) groups excluding carboxylic acids is 2. The molecule has 0 bridgehead atoms. The minimum Gasteiger partial charge on any atom is -0.497 e. The van der Waals surface area contributed by atoms with Gasteiger partial charge in [-0.3, -0.25) is 4.79 Å². The summed E-state index contributed by atoms with van der Waals surface area (Å²) >= 11 is 0. The van der Waals surface area contributed by atoms with E-state index in [1.165, 1.54) is 5.56 Å². The van der Waals surface area contributed by atoms with Crippen molar-refractivity contribution >= 4 is 11.9 Å². The highest BCUT2D eigenvalue weighted by atomic mass is 16.5. The molecule has 0 spiro atoms. The number of unbranched alkanes of at least 4 members (excludes halogenated alkanes) is 2. The Hall–Kier alpha value is -3.02. The second-order valence-electron chi connectivity index (χ2n) is 8.44. The molecule has 0 aliphatic heterocycles. The van der Waals surface area contributed by atoms with Crippen LogP contribution < -0.4 is 14.8 Å². The maximum atomic E-state index is 12.7. The zero-order valence-electron chi connectivity index (χ0n) is 21.0. The van der Waals surface area contributed by atoms with Gasteiger partial charge in [0.2, 0.25) is 5.91 Å². The number of hydrogen-bond donors (Lipinski definition) is 1. The van der Waals surface area contributed by atoms with Gasteiger partial charge in [0.15, 0.2) is 0 Å². The van der Waals surface area contributed by atoms with Crippen molar-refractivity contribution in [2.24, 2.45) is 0 Å². The van der Waals surface area contributed by atoms with Crippen molar-refractivity contribution in [2.75, 3.05) is 20.3 Å². The SMILES string of the molecule is CCCCOC(=O)c1cc(C(C)NC(=O)CCCc2ccc(OC)cc2)ccc1OCCCC. The molecule has 0 heterocycles. The molecule has 0 fully saturated rings. The number of benzene rings is 2. The average molecular weight is 470 g/mol. The van der Waals surface area contributed by atoms with E-state index < -0.39 is 0 Å². The zero-order chi connectivity index (χ0) is 24.8. The number of methoxy groups -OCH3 is 1. The fourth-order valence-corrected chi connectivity index (χ4v) is 3.46. The van der Waals surface area contributed by atoms with E-state index in [4.69, 9.17) is 14.2 Å². The van der Waals surface area contributed by atoms with Gasteiger partial charge >= 0.3 is 5.97 Å². The molecule has 0 saturated carbocycles. The number of aryl methyl sites for hydroxylation is 1. The maximum Gasteiger partial charge on any atom is 0.341 e. The summed E-state index contributed by atoms with van der Waals surface area (Å²) in [6.07, 6.45) is 5.70. The summed E-state index contributed by atoms with van der Waals surface area (Å²) in [7, 11) is 1.64. The molecule has 2 rings (SSSR count). The first kappa shape index (κ1) is 27.2. The maximum absolute atomic E-state index is 12.7. The Balaban J connectivity index is 1.96. The Kier molecular flexibility index (Phi) is 12.0. The number of hydrogen-bond acceptors (Lipinski definition) is 5. The molecule has 2 aromatic carbocycles. The van der Waals surface area contributed by atoms with Gasteiger partial charge in [-0.05, 0) is 68.0 Å². The van der Waals surface area contributed by atoms with Gasteiger partial charge < -0.3 is 19.5 Å². The van der Waals surface area contributed by atoms with E-state index in [-0.39, 0.29) is 17.9 Å². The van der Waals surface area contributed by atoms with Crippen LogP contribution in [-0.2, 0) is 16.0 Å². The topological polar surface area (TPSA) is 73.9 Å². The third-order valence-electron chi connectivity index (χ3n) is 5.62. The molecule has 6 heteroatoms. The molecule has 0 aliphatic rings. The van der Waals surface area contributed by atoms with E-state index in [0.717, 1.165) is 49.8 Å². The Labute approximate surface area is 204 Å². The van der Waals surface area contributed by atoms with Crippen molar-refractivity contribution in [3.05, 3.63) is 59.2 Å². The second-order valence-corrected chi connectivity index (χ2v) is 8.44. The smallest absolute Gasteiger partial charge is 0.341 e. The quantitative estimate of drug-likeness (QED) is 0.255. The van der Waals surface area contributed by atoms with Crippen LogP contribution in [0.25, 0.3) is 0 Å². The summed E-state index contributed by atoms with van der Waals surface area (Å²) in [6, 6.07) is 13.1. The lowest BCUT2D eigenvalue weighted by Crippen LogP contribution is -2.26. The number of amides is 1. The Morgan fingerprint density at radius 2 is 1.65 bits per heavy atom. The van der Waals surface area contributed by atoms with Crippen LogP contribution in [-0.4, -0.2) is 32.2 Å². The third kappa shape index (κ3) is 9.08. The van der Waals surface area contributed by atoms with Gasteiger partial charge in [0, 0.05) is 6.42 Å². The van der Waals surface area contributed by atoms with Crippen LogP contribution in [0, 0.1) is 0 Å². The van der Waals surface area contributed by atoms with E-state index in [1.54, 1.807) is 19.2 Å². The highest BCUT2D eigenvalue weighted by molar-refractivity contribution is 5.92. The van der Waals surface area contributed by atoms with Crippen LogP contribution in [0.2, 0.25) is 0 Å². The van der Waals surface area contributed by atoms with Crippen molar-refractivity contribution in [2.45, 2.75) is 71.8 Å². The lowest BCUT2D eigenvalue weighted by molar-refractivity contribution is -0.121. The van der Waals surface area contributed by atoms with E-state index in [0.29, 0.717) is 30.9 Å². The van der Waals surface area contributed by atoms with Crippen LogP contribution in [0.15, 0.2) is 42.5 Å². The fraction of sp³-hybridized carbons (Fsp3) is 0.500. The summed E-state index contributed by atoms with van der Waals surface area (Å²) in [5.41, 5.74) is 2.42. The molecule has 1 atom stereocenters. The largest absolute Gasteiger partial charge is 0.497 e. The number of esters is 1. The molecule has 0 aromatic heterocycles. The van der Waals surface area contributed by atoms with Crippen LogP contribution in [0.1, 0.15) is 86.8 Å². The van der Waals surface area contributed by atoms with Gasteiger partial charge in [-0.25, -0.2) is 4.79 Å². The zero-order valence-corrected chi connectivity index (χ0v) is 21.0. The van der Waals surface area contributed by atoms with Crippen molar-refractivity contribution in [3.8, 4) is 11.5 Å². The Morgan fingerprint density at radius 3 is 2.32 bits per heavy atom. The molecule has 6 nitrogen and oxygen atoms in total. The van der Waals surface area contributed by atoms with Crippen LogP contribution >= 0.6 is 0 Å². The first-order valence-electron chi connectivity index (χ1n) is 12.3. The van der Waals surface area contributed by atoms with E-state index in [1.807, 2.05) is 37.3 Å². The first-order valence-corrected chi connectivity index (χ1v) is 12.3. The molecule has 186 valence electrons. The lowest BCUT2D eigenvalue weighted by Gasteiger charge is -2.17. The lowest BCUT2D eigenvalue weighted by atomic mass is 10.0. The van der Waals surface area contributed by atoms with Crippen molar-refractivity contribution in [1.82, 2.24) is 5.32 Å². The standard InChI is InChI=1S/C28H39NO5/c1-5-7-18-33-26-17-14-23(20-25(26)28(31)34-19-8-6-2)21(3)29-27(30)11-9-10-22-12-15-24(32-4)16-13-22/h12-17,20-21H,5-11,18-19H2,1-4H3,(H,29,30). The van der Waals surface area contributed by atoms with Crippen LogP contribution in [0.5, 0.6) is 11.5 Å². The highest BCUT2D eigenvalue weighted by Gasteiger charge is 2.18. The second kappa shape index (κ2) is 15.0. The molecular weight excluding hydrogens is 430 g/mol. The molecule has 1 unspecified atom stereocenters. The van der Waals surface area contributed by atoms with Gasteiger partial charge in [0.05, 0.1) is 26.4 Å². The first-order chi connectivity index (χ1) is 16.5. The summed E-state index contributed by atoms with van der Waals surface area (Å²) in [4.78, 5) is 25.2. The number of nitrogens with one attached hydrogen (secondary N) is 1. The molecule has 0 aliphatic carbocycles. The fourth-order valence-electron chi connectivity index (χ4n) is 3.46. The van der Waals surface area contributed by atoms with E-state index in [9.17, 15) is 9.59 Å². The number of ether oxygens (including phenoxy) is 3. The molecule has 34 heavy (non-hydrogen) atoms. The molecule has 1 N–H and O–H groups in total. The van der Waals surface area contributed by atoms with Crippen molar-refractivity contribution in [3.63, 3.8) is 0 Å². The predicted molar refractivity (Wildman–Crippen MR) is 135 cm³/mol. The van der Waals surface area contributed by atoms with Crippen molar-refractivity contribution in [1.29, 1.82) is 0 Å². The molecule has 0 saturated heterocycles. The Morgan fingerprint density at radius 1 is 0.941 bits per heavy atom. The summed E-state index contributed by atoms with van der Waals surface area (Å²) < 4.78 is 16.4. The number of rotatable bonds is 15. The molecule has 0 radical (unpaired) electrons. The van der Waals surface area contributed by atoms with Gasteiger partial charge in [-0.15, -0.1) is 0 Å². The van der Waals surface area contributed by atoms with E-state index in [2.05, 4.69) is 19.2 Å². The Bertz CT molecular complexity index is 894. The van der Waals surface area contributed by atoms with Gasteiger partial charge in [-0.2, -0.15) is 0 Å². The monoisotopic (exact) mass is 469 g/mol. The molecule has 2 aromatic rings. The average Bonchev–Trinajstić information content (AvgIpc) is 2.84. The van der Waals surface area contributed by atoms with Crippen LogP contribution in [0.4, 0.5) is 0 Å². The molecule has 1 amide bonds. The molecular formula is C28H39NO5. The third-order valence-corrected chi connectivity index (χ3v) is 5.62. The number of carbonyl (C=O) groups is 2. The minimum absolute atomic E-state index is 0.0173. The summed E-state index contributed by atoms with van der Waals surface area (Å²) in [5.74, 6) is 0.943. The summed E-state index contributed by atoms with van der Waals surface area (Å²) in [6.45, 7) is 6.99. The normalized spacial score (nSPS) is 11.5. The highest BCUT2D eigenvalue weighted by Crippen LogP contribution is 2.25. The van der Waals surface area contributed by atoms with Crippen molar-refractivity contribution < 1.29 is 23.8 Å². The van der Waals surface area contributed by atoms with Crippen LogP contribution in [0.3, 0.4) is 0 Å². The summed E-state index contributed by atoms with van der Waals surface area (Å²) in [5, 5.41) is 3.04. The minimum atomic E-state index is -0.389.